The van der Waals surface area contributed by atoms with E-state index in [4.69, 9.17) is 28.3 Å². The quantitative estimate of drug-likeness (QED) is 0.907. The minimum Gasteiger partial charge on any atom is -0.390 e. The number of halogens is 2. The molecule has 0 bridgehead atoms. The summed E-state index contributed by atoms with van der Waals surface area (Å²) in [6.07, 6.45) is 1.50. The third kappa shape index (κ3) is 3.27. The van der Waals surface area contributed by atoms with Gasteiger partial charge in [-0.2, -0.15) is 0 Å². The second kappa shape index (κ2) is 6.21. The predicted molar refractivity (Wildman–Crippen MR) is 75.7 cm³/mol. The molecule has 0 aliphatic carbocycles. The molecule has 1 aromatic heterocycles. The van der Waals surface area contributed by atoms with E-state index < -0.39 is 6.04 Å². The summed E-state index contributed by atoms with van der Waals surface area (Å²) in [6.45, 7) is 1.43. The molecule has 106 valence electrons. The Morgan fingerprint density at radius 1 is 1.50 bits per heavy atom. The Bertz CT molecular complexity index is 630. The highest BCUT2D eigenvalue weighted by molar-refractivity contribution is 6.35. The number of benzene rings is 1. The topological polar surface area (TPSA) is 80.0 Å². The number of nitrogens with zero attached hydrogens (tertiary/aromatic N) is 3. The summed E-state index contributed by atoms with van der Waals surface area (Å²) in [7, 11) is 0. The molecule has 1 heterocycles. The molecule has 0 radical (unpaired) electrons. The number of anilines is 1. The highest BCUT2D eigenvalue weighted by Crippen LogP contribution is 2.26. The summed E-state index contributed by atoms with van der Waals surface area (Å²) in [4.78, 5) is 12.1. The first kappa shape index (κ1) is 14.8. The van der Waals surface area contributed by atoms with Crippen LogP contribution < -0.4 is 5.32 Å². The number of aliphatic hydroxyl groups is 1. The van der Waals surface area contributed by atoms with E-state index >= 15 is 0 Å². The molecule has 0 saturated heterocycles. The number of rotatable bonds is 4. The lowest BCUT2D eigenvalue weighted by Crippen LogP contribution is -2.24. The summed E-state index contributed by atoms with van der Waals surface area (Å²) in [5, 5.41) is 20.0. The second-order valence-corrected chi connectivity index (χ2v) is 4.98. The fourth-order valence-corrected chi connectivity index (χ4v) is 1.86. The number of amides is 1. The third-order valence-corrected chi connectivity index (χ3v) is 3.25. The number of aromatic nitrogens is 3. The number of hydrogen-bond donors (Lipinski definition) is 2. The Morgan fingerprint density at radius 2 is 2.25 bits per heavy atom. The smallest absolute Gasteiger partial charge is 0.249 e. The van der Waals surface area contributed by atoms with Crippen molar-refractivity contribution >= 4 is 34.8 Å². The van der Waals surface area contributed by atoms with E-state index in [1.807, 2.05) is 0 Å². The van der Waals surface area contributed by atoms with Crippen LogP contribution in [0.5, 0.6) is 0 Å². The third-order valence-electron chi connectivity index (χ3n) is 2.68. The van der Waals surface area contributed by atoms with E-state index in [0.29, 0.717) is 21.4 Å². The van der Waals surface area contributed by atoms with Gasteiger partial charge in [-0.1, -0.05) is 28.4 Å². The van der Waals surface area contributed by atoms with E-state index in [1.165, 1.54) is 10.9 Å². The van der Waals surface area contributed by atoms with Gasteiger partial charge in [-0.05, 0) is 25.1 Å². The Hall–Kier alpha value is -1.63. The van der Waals surface area contributed by atoms with Crippen molar-refractivity contribution in [3.05, 3.63) is 40.1 Å². The van der Waals surface area contributed by atoms with Gasteiger partial charge in [0.05, 0.1) is 23.5 Å². The second-order valence-electron chi connectivity index (χ2n) is 4.14. The molecular weight excluding hydrogens is 303 g/mol. The van der Waals surface area contributed by atoms with Crippen LogP contribution in [-0.2, 0) is 11.4 Å². The van der Waals surface area contributed by atoms with Gasteiger partial charge < -0.3 is 10.4 Å². The van der Waals surface area contributed by atoms with Gasteiger partial charge in [0.2, 0.25) is 5.91 Å². The standard InChI is InChI=1S/C12H12Cl2N4O2/c1-7(18-5-9(6-19)16-17-18)12(20)15-11-4-8(13)2-3-10(11)14/h2-5,7,19H,6H2,1H3,(H,15,20). The monoisotopic (exact) mass is 314 g/mol. The van der Waals surface area contributed by atoms with Crippen molar-refractivity contribution in [2.24, 2.45) is 0 Å². The maximum atomic E-state index is 12.1. The van der Waals surface area contributed by atoms with E-state index in [9.17, 15) is 4.79 Å². The average molecular weight is 315 g/mol. The summed E-state index contributed by atoms with van der Waals surface area (Å²) in [6, 6.07) is 4.20. The molecule has 0 fully saturated rings. The van der Waals surface area contributed by atoms with Crippen molar-refractivity contribution in [1.82, 2.24) is 15.0 Å². The van der Waals surface area contributed by atoms with E-state index in [0.717, 1.165) is 0 Å². The maximum Gasteiger partial charge on any atom is 0.249 e. The number of hydrogen-bond acceptors (Lipinski definition) is 4. The molecular formula is C12H12Cl2N4O2. The molecule has 8 heteroatoms. The molecule has 0 aliphatic rings. The minimum atomic E-state index is -0.599. The van der Waals surface area contributed by atoms with Gasteiger partial charge in [0.1, 0.15) is 11.7 Å². The van der Waals surface area contributed by atoms with Gasteiger partial charge in [-0.25, -0.2) is 4.68 Å². The van der Waals surface area contributed by atoms with Crippen LogP contribution in [0.1, 0.15) is 18.7 Å². The molecule has 20 heavy (non-hydrogen) atoms. The van der Waals surface area contributed by atoms with Crippen molar-refractivity contribution in [3.8, 4) is 0 Å². The van der Waals surface area contributed by atoms with Crippen LogP contribution in [-0.4, -0.2) is 26.0 Å². The lowest BCUT2D eigenvalue weighted by molar-refractivity contribution is -0.119. The fourth-order valence-electron chi connectivity index (χ4n) is 1.53. The summed E-state index contributed by atoms with van der Waals surface area (Å²) >= 11 is 11.8. The van der Waals surface area contributed by atoms with Crippen molar-refractivity contribution in [1.29, 1.82) is 0 Å². The lowest BCUT2D eigenvalue weighted by Gasteiger charge is -2.13. The SMILES string of the molecule is CC(C(=O)Nc1cc(Cl)ccc1Cl)n1cc(CO)nn1. The number of aliphatic hydroxyl groups excluding tert-OH is 1. The Labute approximate surface area is 125 Å². The zero-order valence-corrected chi connectivity index (χ0v) is 12.1. The summed E-state index contributed by atoms with van der Waals surface area (Å²) in [5.41, 5.74) is 0.823. The molecule has 0 aliphatic heterocycles. The first-order valence-electron chi connectivity index (χ1n) is 5.78. The van der Waals surface area contributed by atoms with Crippen LogP contribution in [0.2, 0.25) is 10.0 Å². The Kier molecular flexibility index (Phi) is 4.59. The van der Waals surface area contributed by atoms with E-state index in [-0.39, 0.29) is 12.5 Å². The van der Waals surface area contributed by atoms with Gasteiger partial charge in [-0.3, -0.25) is 4.79 Å². The molecule has 6 nitrogen and oxygen atoms in total. The normalized spacial score (nSPS) is 12.2. The molecule has 1 unspecified atom stereocenters. The molecule has 0 spiro atoms. The number of carbonyl (C=O) groups is 1. The lowest BCUT2D eigenvalue weighted by atomic mass is 10.2. The van der Waals surface area contributed by atoms with Crippen molar-refractivity contribution in [2.45, 2.75) is 19.6 Å². The van der Waals surface area contributed by atoms with E-state index in [1.54, 1.807) is 25.1 Å². The van der Waals surface area contributed by atoms with Crippen LogP contribution in [0, 0.1) is 0 Å². The molecule has 2 N–H and O–H groups in total. The van der Waals surface area contributed by atoms with Gasteiger partial charge in [0.25, 0.3) is 0 Å². The zero-order chi connectivity index (χ0) is 14.7. The van der Waals surface area contributed by atoms with Gasteiger partial charge in [-0.15, -0.1) is 5.10 Å². The van der Waals surface area contributed by atoms with Gasteiger partial charge >= 0.3 is 0 Å². The maximum absolute atomic E-state index is 12.1. The largest absolute Gasteiger partial charge is 0.390 e. The fraction of sp³-hybridized carbons (Fsp3) is 0.250. The van der Waals surface area contributed by atoms with E-state index in [2.05, 4.69) is 15.6 Å². The average Bonchev–Trinajstić information content (AvgIpc) is 2.90. The summed E-state index contributed by atoms with van der Waals surface area (Å²) < 4.78 is 1.36. The van der Waals surface area contributed by atoms with Crippen LogP contribution in [0.25, 0.3) is 0 Å². The van der Waals surface area contributed by atoms with Crippen molar-refractivity contribution in [2.75, 3.05) is 5.32 Å². The van der Waals surface area contributed by atoms with Gasteiger partial charge in [0, 0.05) is 5.02 Å². The highest BCUT2D eigenvalue weighted by Gasteiger charge is 2.18. The number of nitrogens with one attached hydrogen (secondary N) is 1. The molecule has 1 atom stereocenters. The Balaban J connectivity index is 2.13. The first-order chi connectivity index (χ1) is 9.51. The first-order valence-corrected chi connectivity index (χ1v) is 6.54. The summed E-state index contributed by atoms with van der Waals surface area (Å²) in [5.74, 6) is -0.316. The highest BCUT2D eigenvalue weighted by atomic mass is 35.5. The molecule has 2 aromatic rings. The molecule has 1 amide bonds. The van der Waals surface area contributed by atoms with Crippen molar-refractivity contribution in [3.63, 3.8) is 0 Å². The molecule has 2 rings (SSSR count). The van der Waals surface area contributed by atoms with Crippen LogP contribution >= 0.6 is 23.2 Å². The van der Waals surface area contributed by atoms with Crippen LogP contribution in [0.4, 0.5) is 5.69 Å². The van der Waals surface area contributed by atoms with Crippen LogP contribution in [0.3, 0.4) is 0 Å². The Morgan fingerprint density at radius 3 is 2.90 bits per heavy atom. The zero-order valence-electron chi connectivity index (χ0n) is 10.5. The number of carbonyl (C=O) groups excluding carboxylic acids is 1. The van der Waals surface area contributed by atoms with Crippen LogP contribution in [0.15, 0.2) is 24.4 Å². The van der Waals surface area contributed by atoms with Gasteiger partial charge in [0.15, 0.2) is 0 Å². The predicted octanol–water partition coefficient (Wildman–Crippen LogP) is 2.28. The molecule has 0 saturated carbocycles. The minimum absolute atomic E-state index is 0.228. The molecule has 1 aromatic carbocycles. The van der Waals surface area contributed by atoms with Crippen molar-refractivity contribution < 1.29 is 9.90 Å².